The molecule has 8 nitrogen and oxygen atoms in total. The minimum Gasteiger partial charge on any atom is -0.392 e. The van der Waals surface area contributed by atoms with E-state index in [0.717, 1.165) is 5.56 Å². The van der Waals surface area contributed by atoms with E-state index in [0.29, 0.717) is 16.9 Å². The van der Waals surface area contributed by atoms with E-state index in [4.69, 9.17) is 5.11 Å². The van der Waals surface area contributed by atoms with Gasteiger partial charge in [-0.1, -0.05) is 12.1 Å². The normalized spacial score (nSPS) is 10.2. The molecule has 2 heterocycles. The van der Waals surface area contributed by atoms with Crippen LogP contribution in [0.15, 0.2) is 54.7 Å². The summed E-state index contributed by atoms with van der Waals surface area (Å²) in [5.41, 5.74) is 2.19. The van der Waals surface area contributed by atoms with E-state index in [1.807, 2.05) is 6.07 Å². The Hall–Kier alpha value is -3.83. The molecule has 0 bridgehead atoms. The van der Waals surface area contributed by atoms with Gasteiger partial charge >= 0.3 is 5.69 Å². The lowest BCUT2D eigenvalue weighted by atomic mass is 10.1. The van der Waals surface area contributed by atoms with Gasteiger partial charge < -0.3 is 10.4 Å². The Bertz CT molecular complexity index is 996. The van der Waals surface area contributed by atoms with Crippen LogP contribution in [0.1, 0.15) is 11.3 Å². The highest BCUT2D eigenvalue weighted by molar-refractivity contribution is 5.72. The van der Waals surface area contributed by atoms with Gasteiger partial charge in [-0.15, -0.1) is 0 Å². The molecule has 0 spiro atoms. The second kappa shape index (κ2) is 7.38. The number of nitrogens with zero attached hydrogens (tertiary/aromatic N) is 4. The summed E-state index contributed by atoms with van der Waals surface area (Å²) in [5, 5.41) is 32.5. The summed E-state index contributed by atoms with van der Waals surface area (Å²) < 4.78 is 0. The first-order valence-electron chi connectivity index (χ1n) is 7.60. The van der Waals surface area contributed by atoms with Gasteiger partial charge in [-0.05, 0) is 35.9 Å². The van der Waals surface area contributed by atoms with Crippen LogP contribution in [-0.4, -0.2) is 20.0 Å². The predicted octanol–water partition coefficient (Wildman–Crippen LogP) is 3.16. The highest BCUT2D eigenvalue weighted by Gasteiger charge is 2.18. The molecule has 0 saturated heterocycles. The number of hydrogen-bond acceptors (Lipinski definition) is 7. The van der Waals surface area contributed by atoms with Crippen LogP contribution in [0.5, 0.6) is 0 Å². The fourth-order valence-electron chi connectivity index (χ4n) is 2.37. The fraction of sp³-hybridized carbons (Fsp3) is 0.0556. The summed E-state index contributed by atoms with van der Waals surface area (Å²) in [6.45, 7) is -0.0912. The number of pyridine rings is 2. The third kappa shape index (κ3) is 3.48. The largest absolute Gasteiger partial charge is 0.392 e. The molecule has 0 saturated carbocycles. The zero-order valence-electron chi connectivity index (χ0n) is 13.5. The van der Waals surface area contributed by atoms with Gasteiger partial charge in [0.25, 0.3) is 0 Å². The Kier molecular flexibility index (Phi) is 4.83. The summed E-state index contributed by atoms with van der Waals surface area (Å²) >= 11 is 0. The van der Waals surface area contributed by atoms with Gasteiger partial charge in [0.2, 0.25) is 5.82 Å². The van der Waals surface area contributed by atoms with Crippen LogP contribution in [0.4, 0.5) is 17.2 Å². The number of aliphatic hydroxyl groups excluding tert-OH is 1. The molecule has 0 aliphatic carbocycles. The molecule has 3 aromatic rings. The third-order valence-electron chi connectivity index (χ3n) is 3.66. The molecule has 0 fully saturated rings. The lowest BCUT2D eigenvalue weighted by Gasteiger charge is -2.09. The number of rotatable bonds is 5. The van der Waals surface area contributed by atoms with Gasteiger partial charge in [0.05, 0.1) is 17.2 Å². The van der Waals surface area contributed by atoms with Crippen molar-refractivity contribution in [3.63, 3.8) is 0 Å². The molecule has 0 aliphatic heterocycles. The number of aliphatic hydroxyl groups is 1. The van der Waals surface area contributed by atoms with Gasteiger partial charge in [0, 0.05) is 23.5 Å². The SMILES string of the molecule is N#Cc1ncccc1-c1ccc([N+](=O)[O-])c(Nc2ccc(CO)cc2)n1. The highest BCUT2D eigenvalue weighted by Crippen LogP contribution is 2.30. The van der Waals surface area contributed by atoms with Crippen LogP contribution in [0, 0.1) is 21.4 Å². The van der Waals surface area contributed by atoms with Crippen molar-refractivity contribution in [2.24, 2.45) is 0 Å². The Morgan fingerprint density at radius 3 is 2.62 bits per heavy atom. The molecule has 8 heteroatoms. The molecule has 0 atom stereocenters. The van der Waals surface area contributed by atoms with Gasteiger partial charge in [-0.3, -0.25) is 10.1 Å². The maximum atomic E-state index is 11.3. The van der Waals surface area contributed by atoms with Crippen molar-refractivity contribution in [2.75, 3.05) is 5.32 Å². The lowest BCUT2D eigenvalue weighted by Crippen LogP contribution is -2.01. The van der Waals surface area contributed by atoms with Crippen molar-refractivity contribution >= 4 is 17.2 Å². The Morgan fingerprint density at radius 2 is 1.96 bits per heavy atom. The monoisotopic (exact) mass is 347 g/mol. The van der Waals surface area contributed by atoms with E-state index >= 15 is 0 Å². The van der Waals surface area contributed by atoms with E-state index in [-0.39, 0.29) is 23.8 Å². The lowest BCUT2D eigenvalue weighted by molar-refractivity contribution is -0.384. The first-order valence-corrected chi connectivity index (χ1v) is 7.60. The number of nitro groups is 1. The molecule has 0 aliphatic rings. The van der Waals surface area contributed by atoms with Crippen LogP contribution in [0.3, 0.4) is 0 Å². The van der Waals surface area contributed by atoms with Gasteiger partial charge in [-0.2, -0.15) is 5.26 Å². The summed E-state index contributed by atoms with van der Waals surface area (Å²) in [6, 6.07) is 14.9. The summed E-state index contributed by atoms with van der Waals surface area (Å²) in [7, 11) is 0. The van der Waals surface area contributed by atoms with E-state index in [1.54, 1.807) is 36.4 Å². The van der Waals surface area contributed by atoms with Crippen LogP contribution >= 0.6 is 0 Å². The van der Waals surface area contributed by atoms with Crippen molar-refractivity contribution < 1.29 is 10.0 Å². The summed E-state index contributed by atoms with van der Waals surface area (Å²) in [6.07, 6.45) is 1.50. The number of nitriles is 1. The van der Waals surface area contributed by atoms with Crippen LogP contribution < -0.4 is 5.32 Å². The van der Waals surface area contributed by atoms with E-state index in [1.165, 1.54) is 18.3 Å². The fourth-order valence-corrected chi connectivity index (χ4v) is 2.37. The summed E-state index contributed by atoms with van der Waals surface area (Å²) in [4.78, 5) is 19.1. The van der Waals surface area contributed by atoms with Gasteiger partial charge in [-0.25, -0.2) is 9.97 Å². The van der Waals surface area contributed by atoms with Gasteiger partial charge in [0.1, 0.15) is 11.8 Å². The first-order chi connectivity index (χ1) is 12.6. The number of anilines is 2. The first kappa shape index (κ1) is 17.0. The van der Waals surface area contributed by atoms with Crippen molar-refractivity contribution in [3.8, 4) is 17.3 Å². The van der Waals surface area contributed by atoms with Gasteiger partial charge in [0.15, 0.2) is 0 Å². The predicted molar refractivity (Wildman–Crippen MR) is 94.5 cm³/mol. The maximum absolute atomic E-state index is 11.3. The van der Waals surface area contributed by atoms with Crippen LogP contribution in [-0.2, 0) is 6.61 Å². The molecule has 3 rings (SSSR count). The number of aromatic nitrogens is 2. The zero-order chi connectivity index (χ0) is 18.5. The molecule has 128 valence electrons. The standard InChI is InChI=1S/C18H13N5O3/c19-10-16-14(2-1-9-20-16)15-7-8-17(23(25)26)18(22-15)21-13-5-3-12(11-24)4-6-13/h1-9,24H,11H2,(H,21,22). The molecule has 0 radical (unpaired) electrons. The Morgan fingerprint density at radius 1 is 1.19 bits per heavy atom. The van der Waals surface area contributed by atoms with Crippen molar-refractivity contribution in [1.29, 1.82) is 5.26 Å². The summed E-state index contributed by atoms with van der Waals surface area (Å²) in [5.74, 6) is 0.0528. The Labute approximate surface area is 148 Å². The molecule has 2 aromatic heterocycles. The molecular weight excluding hydrogens is 334 g/mol. The molecule has 0 amide bonds. The maximum Gasteiger partial charge on any atom is 0.311 e. The molecule has 2 N–H and O–H groups in total. The Balaban J connectivity index is 2.04. The van der Waals surface area contributed by atoms with Crippen molar-refractivity contribution in [3.05, 3.63) is 76.1 Å². The van der Waals surface area contributed by atoms with Crippen molar-refractivity contribution in [1.82, 2.24) is 9.97 Å². The minimum absolute atomic E-state index is 0.0528. The smallest absolute Gasteiger partial charge is 0.311 e. The topological polar surface area (TPSA) is 125 Å². The van der Waals surface area contributed by atoms with Crippen LogP contribution in [0.2, 0.25) is 0 Å². The molecule has 26 heavy (non-hydrogen) atoms. The number of hydrogen-bond donors (Lipinski definition) is 2. The average molecular weight is 347 g/mol. The third-order valence-corrected chi connectivity index (χ3v) is 3.66. The van der Waals surface area contributed by atoms with E-state index in [2.05, 4.69) is 15.3 Å². The highest BCUT2D eigenvalue weighted by atomic mass is 16.6. The van der Waals surface area contributed by atoms with E-state index < -0.39 is 4.92 Å². The molecule has 1 aromatic carbocycles. The number of benzene rings is 1. The molecule has 0 unspecified atom stereocenters. The second-order valence-corrected chi connectivity index (χ2v) is 5.31. The minimum atomic E-state index is -0.532. The second-order valence-electron chi connectivity index (χ2n) is 5.31. The molecular formula is C18H13N5O3. The van der Waals surface area contributed by atoms with Crippen LogP contribution in [0.25, 0.3) is 11.3 Å². The van der Waals surface area contributed by atoms with E-state index in [9.17, 15) is 15.4 Å². The average Bonchev–Trinajstić information content (AvgIpc) is 2.68. The number of nitrogens with one attached hydrogen (secondary N) is 1. The van der Waals surface area contributed by atoms with Crippen molar-refractivity contribution in [2.45, 2.75) is 6.61 Å². The quantitative estimate of drug-likeness (QED) is 0.536. The zero-order valence-corrected chi connectivity index (χ0v) is 13.5.